The van der Waals surface area contributed by atoms with E-state index in [-0.39, 0.29) is 11.9 Å². The fraction of sp³-hybridized carbons (Fsp3) is 0.368. The van der Waals surface area contributed by atoms with Gasteiger partial charge in [-0.1, -0.05) is 35.9 Å². The SMILES string of the molecule is Cc1cccc([C@@H](C(=O)N2CC(c3cccnc3)C2)N(C)C)c1. The minimum atomic E-state index is -0.218. The van der Waals surface area contributed by atoms with Crippen molar-refractivity contribution in [3.05, 3.63) is 65.5 Å². The Morgan fingerprint density at radius 2 is 2.04 bits per heavy atom. The Bertz CT molecular complexity index is 678. The zero-order chi connectivity index (χ0) is 16.4. The van der Waals surface area contributed by atoms with E-state index in [1.54, 1.807) is 6.20 Å². The summed E-state index contributed by atoms with van der Waals surface area (Å²) in [5, 5.41) is 0. The Kier molecular flexibility index (Phi) is 4.44. The van der Waals surface area contributed by atoms with Gasteiger partial charge in [-0.05, 0) is 38.2 Å². The third kappa shape index (κ3) is 3.27. The Morgan fingerprint density at radius 1 is 1.26 bits per heavy atom. The molecule has 23 heavy (non-hydrogen) atoms. The van der Waals surface area contributed by atoms with E-state index >= 15 is 0 Å². The van der Waals surface area contributed by atoms with E-state index in [1.807, 2.05) is 48.3 Å². The summed E-state index contributed by atoms with van der Waals surface area (Å²) in [6.07, 6.45) is 3.68. The van der Waals surface area contributed by atoms with E-state index in [2.05, 4.69) is 30.1 Å². The Labute approximate surface area is 137 Å². The quantitative estimate of drug-likeness (QED) is 0.871. The molecule has 0 aliphatic carbocycles. The number of likely N-dealkylation sites (tertiary alicyclic amines) is 1. The minimum Gasteiger partial charge on any atom is -0.340 e. The molecule has 4 heteroatoms. The van der Waals surface area contributed by atoms with Gasteiger partial charge < -0.3 is 4.90 Å². The van der Waals surface area contributed by atoms with Gasteiger partial charge in [-0.2, -0.15) is 0 Å². The second-order valence-corrected chi connectivity index (χ2v) is 6.51. The molecular formula is C19H23N3O. The number of aromatic nitrogens is 1. The lowest BCUT2D eigenvalue weighted by molar-refractivity contribution is -0.141. The maximum Gasteiger partial charge on any atom is 0.244 e. The Hall–Kier alpha value is -2.20. The van der Waals surface area contributed by atoms with Crippen LogP contribution in [0.1, 0.15) is 28.7 Å². The third-order valence-electron chi connectivity index (χ3n) is 4.46. The molecule has 120 valence electrons. The molecule has 1 amide bonds. The van der Waals surface area contributed by atoms with Crippen molar-refractivity contribution in [2.45, 2.75) is 18.9 Å². The maximum atomic E-state index is 12.9. The number of aryl methyl sites for hydroxylation is 1. The van der Waals surface area contributed by atoms with Crippen LogP contribution in [0.3, 0.4) is 0 Å². The molecule has 1 fully saturated rings. The van der Waals surface area contributed by atoms with Crippen LogP contribution in [-0.2, 0) is 4.79 Å². The molecule has 0 radical (unpaired) electrons. The first-order chi connectivity index (χ1) is 11.1. The largest absolute Gasteiger partial charge is 0.340 e. The fourth-order valence-electron chi connectivity index (χ4n) is 3.16. The second-order valence-electron chi connectivity index (χ2n) is 6.51. The van der Waals surface area contributed by atoms with Crippen molar-refractivity contribution in [2.75, 3.05) is 27.2 Å². The summed E-state index contributed by atoms with van der Waals surface area (Å²) in [5.41, 5.74) is 3.46. The zero-order valence-electron chi connectivity index (χ0n) is 13.9. The standard InChI is InChI=1S/C19H23N3O/c1-14-6-4-7-15(10-14)18(21(2)3)19(23)22-12-17(13-22)16-8-5-9-20-11-16/h4-11,17-18H,12-13H2,1-3H3/t18-/m0/s1. The lowest BCUT2D eigenvalue weighted by Gasteiger charge is -2.42. The molecule has 1 aromatic carbocycles. The van der Waals surface area contributed by atoms with Gasteiger partial charge in [0.25, 0.3) is 0 Å². The molecule has 1 aliphatic heterocycles. The first-order valence-corrected chi connectivity index (χ1v) is 7.98. The lowest BCUT2D eigenvalue weighted by Crippen LogP contribution is -2.52. The van der Waals surface area contributed by atoms with Gasteiger partial charge in [-0.15, -0.1) is 0 Å². The number of carbonyl (C=O) groups is 1. The molecule has 3 rings (SSSR count). The van der Waals surface area contributed by atoms with Crippen LogP contribution in [-0.4, -0.2) is 47.9 Å². The topological polar surface area (TPSA) is 36.4 Å². The van der Waals surface area contributed by atoms with Gasteiger partial charge >= 0.3 is 0 Å². The fourth-order valence-corrected chi connectivity index (χ4v) is 3.16. The highest BCUT2D eigenvalue weighted by Gasteiger charge is 2.36. The normalized spacial score (nSPS) is 16.3. The van der Waals surface area contributed by atoms with Crippen molar-refractivity contribution >= 4 is 5.91 Å². The van der Waals surface area contributed by atoms with E-state index in [4.69, 9.17) is 0 Å². The van der Waals surface area contributed by atoms with Crippen molar-refractivity contribution in [3.8, 4) is 0 Å². The summed E-state index contributed by atoms with van der Waals surface area (Å²) in [6.45, 7) is 3.62. The molecule has 1 aliphatic rings. The number of carbonyl (C=O) groups excluding carboxylic acids is 1. The van der Waals surface area contributed by atoms with Crippen LogP contribution in [0.15, 0.2) is 48.8 Å². The maximum absolute atomic E-state index is 12.9. The van der Waals surface area contributed by atoms with Gasteiger partial charge in [-0.25, -0.2) is 0 Å². The summed E-state index contributed by atoms with van der Waals surface area (Å²) in [4.78, 5) is 21.0. The van der Waals surface area contributed by atoms with E-state index < -0.39 is 0 Å². The van der Waals surface area contributed by atoms with E-state index in [0.29, 0.717) is 5.92 Å². The molecule has 0 unspecified atom stereocenters. The van der Waals surface area contributed by atoms with E-state index in [9.17, 15) is 4.79 Å². The first kappa shape index (κ1) is 15.7. The number of hydrogen-bond donors (Lipinski definition) is 0. The Morgan fingerprint density at radius 3 is 2.65 bits per heavy atom. The number of pyridine rings is 1. The number of nitrogens with zero attached hydrogens (tertiary/aromatic N) is 3. The summed E-state index contributed by atoms with van der Waals surface area (Å²) < 4.78 is 0. The van der Waals surface area contributed by atoms with Gasteiger partial charge in [0.05, 0.1) is 0 Å². The van der Waals surface area contributed by atoms with Gasteiger partial charge in [-0.3, -0.25) is 14.7 Å². The predicted octanol–water partition coefficient (Wildman–Crippen LogP) is 2.62. The first-order valence-electron chi connectivity index (χ1n) is 7.98. The van der Waals surface area contributed by atoms with Crippen LogP contribution in [0.2, 0.25) is 0 Å². The highest BCUT2D eigenvalue weighted by molar-refractivity contribution is 5.84. The van der Waals surface area contributed by atoms with Crippen molar-refractivity contribution in [2.24, 2.45) is 0 Å². The number of hydrogen-bond acceptors (Lipinski definition) is 3. The van der Waals surface area contributed by atoms with Crippen LogP contribution in [0.5, 0.6) is 0 Å². The molecule has 1 atom stereocenters. The smallest absolute Gasteiger partial charge is 0.244 e. The minimum absolute atomic E-state index is 0.181. The van der Waals surface area contributed by atoms with Gasteiger partial charge in [0.1, 0.15) is 6.04 Å². The monoisotopic (exact) mass is 309 g/mol. The van der Waals surface area contributed by atoms with Crippen LogP contribution in [0, 0.1) is 6.92 Å². The molecule has 1 aromatic heterocycles. The average molecular weight is 309 g/mol. The highest BCUT2D eigenvalue weighted by atomic mass is 16.2. The number of amides is 1. The number of likely N-dealkylation sites (N-methyl/N-ethyl adjacent to an activating group) is 1. The molecule has 1 saturated heterocycles. The van der Waals surface area contributed by atoms with Gasteiger partial charge in [0.15, 0.2) is 0 Å². The van der Waals surface area contributed by atoms with E-state index in [0.717, 1.165) is 18.7 Å². The molecule has 4 nitrogen and oxygen atoms in total. The molecule has 0 N–H and O–H groups in total. The van der Waals surface area contributed by atoms with Crippen LogP contribution in [0.25, 0.3) is 0 Å². The van der Waals surface area contributed by atoms with Crippen molar-refractivity contribution in [1.29, 1.82) is 0 Å². The zero-order valence-corrected chi connectivity index (χ0v) is 13.9. The van der Waals surface area contributed by atoms with Crippen molar-refractivity contribution < 1.29 is 4.79 Å². The number of rotatable bonds is 4. The highest BCUT2D eigenvalue weighted by Crippen LogP contribution is 2.30. The predicted molar refractivity (Wildman–Crippen MR) is 91.2 cm³/mol. The molecule has 2 aromatic rings. The Balaban J connectivity index is 1.71. The molecule has 0 spiro atoms. The lowest BCUT2D eigenvalue weighted by atomic mass is 9.91. The summed E-state index contributed by atoms with van der Waals surface area (Å²) >= 11 is 0. The van der Waals surface area contributed by atoms with Gasteiger partial charge in [0, 0.05) is 31.4 Å². The van der Waals surface area contributed by atoms with Crippen molar-refractivity contribution in [1.82, 2.24) is 14.8 Å². The summed E-state index contributed by atoms with van der Waals surface area (Å²) in [6, 6.07) is 12.0. The van der Waals surface area contributed by atoms with E-state index in [1.165, 1.54) is 11.1 Å². The number of benzene rings is 1. The van der Waals surface area contributed by atoms with Gasteiger partial charge in [0.2, 0.25) is 5.91 Å². The molecule has 0 saturated carbocycles. The van der Waals surface area contributed by atoms with Crippen LogP contribution < -0.4 is 0 Å². The summed E-state index contributed by atoms with van der Waals surface area (Å²) in [7, 11) is 3.92. The molecule has 0 bridgehead atoms. The van der Waals surface area contributed by atoms with Crippen LogP contribution in [0.4, 0.5) is 0 Å². The molecule has 2 heterocycles. The summed E-state index contributed by atoms with van der Waals surface area (Å²) in [5.74, 6) is 0.591. The van der Waals surface area contributed by atoms with Crippen molar-refractivity contribution in [3.63, 3.8) is 0 Å². The second kappa shape index (κ2) is 6.50. The third-order valence-corrected chi connectivity index (χ3v) is 4.46. The average Bonchev–Trinajstić information content (AvgIpc) is 2.46. The molecular weight excluding hydrogens is 286 g/mol. The van der Waals surface area contributed by atoms with Crippen LogP contribution >= 0.6 is 0 Å².